The number of rotatable bonds is 3. The number of anilines is 3. The minimum atomic E-state index is 0.248. The van der Waals surface area contributed by atoms with E-state index in [1.807, 2.05) is 0 Å². The van der Waals surface area contributed by atoms with Crippen molar-refractivity contribution >= 4 is 17.7 Å². The smallest absolute Gasteiger partial charge is 0.200 e. The normalized spacial score (nSPS) is 11.0. The van der Waals surface area contributed by atoms with E-state index in [0.29, 0.717) is 17.3 Å². The van der Waals surface area contributed by atoms with Crippen molar-refractivity contribution in [3.05, 3.63) is 36.4 Å². The van der Waals surface area contributed by atoms with Gasteiger partial charge in [-0.1, -0.05) is 0 Å². The zero-order chi connectivity index (χ0) is 16.7. The van der Waals surface area contributed by atoms with Gasteiger partial charge in [0, 0.05) is 18.2 Å². The standard InChI is InChI=1S/C15H12N6O3/c16-10-4-1-7(22-10)13-19-14(8-2-5-11(17)23-8)21-15(20-13)9-3-6-12(18)24-9/h1-6H,16-18H2. The Morgan fingerprint density at radius 3 is 1.00 bits per heavy atom. The molecule has 24 heavy (non-hydrogen) atoms. The Kier molecular flexibility index (Phi) is 2.98. The van der Waals surface area contributed by atoms with Crippen molar-refractivity contribution in [1.82, 2.24) is 15.0 Å². The Morgan fingerprint density at radius 1 is 0.500 bits per heavy atom. The van der Waals surface area contributed by atoms with Crippen LogP contribution in [0.1, 0.15) is 0 Å². The van der Waals surface area contributed by atoms with Gasteiger partial charge < -0.3 is 30.5 Å². The van der Waals surface area contributed by atoms with E-state index < -0.39 is 0 Å². The van der Waals surface area contributed by atoms with E-state index in [9.17, 15) is 0 Å². The van der Waals surface area contributed by atoms with Gasteiger partial charge in [-0.15, -0.1) is 0 Å². The fourth-order valence-electron chi connectivity index (χ4n) is 2.13. The van der Waals surface area contributed by atoms with Crippen LogP contribution in [0.25, 0.3) is 34.8 Å². The fourth-order valence-corrected chi connectivity index (χ4v) is 2.13. The summed E-state index contributed by atoms with van der Waals surface area (Å²) in [6, 6.07) is 9.79. The summed E-state index contributed by atoms with van der Waals surface area (Å²) in [4.78, 5) is 13.0. The molecule has 9 heteroatoms. The van der Waals surface area contributed by atoms with Gasteiger partial charge in [-0.2, -0.15) is 0 Å². The van der Waals surface area contributed by atoms with E-state index in [1.165, 1.54) is 0 Å². The summed E-state index contributed by atoms with van der Waals surface area (Å²) in [5.74, 6) is 2.73. The zero-order valence-corrected chi connectivity index (χ0v) is 12.3. The third-order valence-electron chi connectivity index (χ3n) is 3.18. The van der Waals surface area contributed by atoms with Gasteiger partial charge in [-0.05, 0) is 18.2 Å². The maximum absolute atomic E-state index is 5.61. The summed E-state index contributed by atoms with van der Waals surface area (Å²) in [5, 5.41) is 0. The van der Waals surface area contributed by atoms with Crippen LogP contribution in [-0.2, 0) is 0 Å². The highest BCUT2D eigenvalue weighted by Gasteiger charge is 2.17. The SMILES string of the molecule is Nc1ccc(-c2nc(-c3ccc(N)o3)nc(-c3ccc(N)o3)n2)o1. The molecule has 4 rings (SSSR count). The van der Waals surface area contributed by atoms with Crippen LogP contribution >= 0.6 is 0 Å². The molecule has 4 aromatic heterocycles. The van der Waals surface area contributed by atoms with Gasteiger partial charge >= 0.3 is 0 Å². The van der Waals surface area contributed by atoms with E-state index in [4.69, 9.17) is 30.5 Å². The van der Waals surface area contributed by atoms with Crippen molar-refractivity contribution in [1.29, 1.82) is 0 Å². The molecule has 0 atom stereocenters. The molecule has 120 valence electrons. The lowest BCUT2D eigenvalue weighted by Crippen LogP contribution is -1.98. The van der Waals surface area contributed by atoms with Gasteiger partial charge in [0.2, 0.25) is 0 Å². The van der Waals surface area contributed by atoms with Gasteiger partial charge in [0.05, 0.1) is 0 Å². The lowest BCUT2D eigenvalue weighted by atomic mass is 10.3. The number of aromatic nitrogens is 3. The van der Waals surface area contributed by atoms with Crippen LogP contribution < -0.4 is 17.2 Å². The van der Waals surface area contributed by atoms with E-state index in [1.54, 1.807) is 36.4 Å². The van der Waals surface area contributed by atoms with Crippen molar-refractivity contribution in [2.45, 2.75) is 0 Å². The van der Waals surface area contributed by atoms with E-state index in [0.717, 1.165) is 0 Å². The average Bonchev–Trinajstić information content (AvgIpc) is 3.28. The Morgan fingerprint density at radius 2 is 0.792 bits per heavy atom. The molecule has 0 aliphatic carbocycles. The molecule has 0 amide bonds. The summed E-state index contributed by atoms with van der Waals surface area (Å²) in [5.41, 5.74) is 16.8. The van der Waals surface area contributed by atoms with Crippen LogP contribution in [0.15, 0.2) is 49.6 Å². The molecular formula is C15H12N6O3. The first-order valence-electron chi connectivity index (χ1n) is 6.91. The predicted octanol–water partition coefficient (Wildman–Crippen LogP) is 2.40. The molecule has 0 bridgehead atoms. The molecule has 0 saturated carbocycles. The topological polar surface area (TPSA) is 156 Å². The van der Waals surface area contributed by atoms with Crippen LogP contribution in [0.5, 0.6) is 0 Å². The molecule has 6 N–H and O–H groups in total. The Balaban J connectivity index is 1.90. The van der Waals surface area contributed by atoms with E-state index >= 15 is 0 Å². The van der Waals surface area contributed by atoms with Gasteiger partial charge in [-0.25, -0.2) is 15.0 Å². The third-order valence-corrected chi connectivity index (χ3v) is 3.18. The van der Waals surface area contributed by atoms with Crippen molar-refractivity contribution in [3.8, 4) is 34.8 Å². The van der Waals surface area contributed by atoms with Crippen molar-refractivity contribution < 1.29 is 13.3 Å². The van der Waals surface area contributed by atoms with E-state index in [2.05, 4.69) is 15.0 Å². The number of nitrogens with zero attached hydrogens (tertiary/aromatic N) is 3. The summed E-state index contributed by atoms with van der Waals surface area (Å²) in [7, 11) is 0. The largest absolute Gasteiger partial charge is 0.438 e. The first kappa shape index (κ1) is 13.9. The summed E-state index contributed by atoms with van der Waals surface area (Å²) >= 11 is 0. The highest BCUT2D eigenvalue weighted by Crippen LogP contribution is 2.28. The van der Waals surface area contributed by atoms with Crippen molar-refractivity contribution in [2.24, 2.45) is 0 Å². The Bertz CT molecular complexity index is 874. The minimum Gasteiger partial charge on any atom is -0.438 e. The fraction of sp³-hybridized carbons (Fsp3) is 0. The lowest BCUT2D eigenvalue weighted by Gasteiger charge is -2.03. The molecule has 0 unspecified atom stereocenters. The van der Waals surface area contributed by atoms with Crippen LogP contribution in [0.3, 0.4) is 0 Å². The Hall–Kier alpha value is -3.75. The van der Waals surface area contributed by atoms with Crippen LogP contribution in [-0.4, -0.2) is 15.0 Å². The molecule has 0 aromatic carbocycles. The first-order valence-corrected chi connectivity index (χ1v) is 6.91. The monoisotopic (exact) mass is 324 g/mol. The number of hydrogen-bond donors (Lipinski definition) is 3. The predicted molar refractivity (Wildman–Crippen MR) is 86.2 cm³/mol. The second-order valence-corrected chi connectivity index (χ2v) is 4.91. The first-order chi connectivity index (χ1) is 11.6. The van der Waals surface area contributed by atoms with Crippen molar-refractivity contribution in [3.63, 3.8) is 0 Å². The summed E-state index contributed by atoms with van der Waals surface area (Å²) < 4.78 is 16.1. The van der Waals surface area contributed by atoms with Crippen LogP contribution in [0, 0.1) is 0 Å². The summed E-state index contributed by atoms with van der Waals surface area (Å²) in [6.07, 6.45) is 0. The molecule has 0 aliphatic heterocycles. The molecule has 0 saturated heterocycles. The van der Waals surface area contributed by atoms with E-state index in [-0.39, 0.29) is 35.1 Å². The third kappa shape index (κ3) is 2.43. The Labute approximate surface area is 135 Å². The highest BCUT2D eigenvalue weighted by atomic mass is 16.4. The zero-order valence-electron chi connectivity index (χ0n) is 12.3. The molecule has 4 heterocycles. The molecular weight excluding hydrogens is 312 g/mol. The molecule has 9 nitrogen and oxygen atoms in total. The molecule has 0 radical (unpaired) electrons. The quantitative estimate of drug-likeness (QED) is 0.514. The second kappa shape index (κ2) is 5.16. The highest BCUT2D eigenvalue weighted by molar-refractivity contribution is 5.61. The van der Waals surface area contributed by atoms with Crippen molar-refractivity contribution in [2.75, 3.05) is 17.2 Å². The van der Waals surface area contributed by atoms with Gasteiger partial charge in [-0.3, -0.25) is 0 Å². The molecule has 4 aromatic rings. The number of nitrogens with two attached hydrogens (primary N) is 3. The number of furan rings is 3. The van der Waals surface area contributed by atoms with Gasteiger partial charge in [0.25, 0.3) is 0 Å². The lowest BCUT2D eigenvalue weighted by molar-refractivity contribution is 0.585. The molecule has 0 aliphatic rings. The number of nitrogen functional groups attached to an aromatic ring is 3. The van der Waals surface area contributed by atoms with Gasteiger partial charge in [0.15, 0.2) is 52.4 Å². The minimum absolute atomic E-state index is 0.248. The van der Waals surface area contributed by atoms with Crippen LogP contribution in [0.2, 0.25) is 0 Å². The second-order valence-electron chi connectivity index (χ2n) is 4.91. The maximum Gasteiger partial charge on any atom is 0.200 e. The number of hydrogen-bond acceptors (Lipinski definition) is 9. The maximum atomic E-state index is 5.61. The molecule has 0 fully saturated rings. The van der Waals surface area contributed by atoms with Gasteiger partial charge in [0.1, 0.15) is 0 Å². The summed E-state index contributed by atoms with van der Waals surface area (Å²) in [6.45, 7) is 0. The molecule has 0 spiro atoms. The average molecular weight is 324 g/mol. The van der Waals surface area contributed by atoms with Crippen LogP contribution in [0.4, 0.5) is 17.7 Å².